The fourth-order valence-corrected chi connectivity index (χ4v) is 3.04. The molecule has 8 heteroatoms. The minimum atomic E-state index is -0.532. The molecule has 7 nitrogen and oxygen atoms in total. The van der Waals surface area contributed by atoms with E-state index in [4.69, 9.17) is 21.1 Å². The van der Waals surface area contributed by atoms with Crippen LogP contribution in [-0.2, 0) is 19.1 Å². The first-order chi connectivity index (χ1) is 16.4. The summed E-state index contributed by atoms with van der Waals surface area (Å²) in [7, 11) is 0. The standard InChI is InChI=1S/C26H25ClN2O5/c1-18-5-9-20(10-6-18)29-25(31)17-33-26(32)4-2-3-24(30)28-21-11-15-23(16-12-21)34-22-13-7-19(27)8-14-22/h5-16H,2-4,17H2,1H3,(H,28,30)(H,29,31). The first-order valence-corrected chi connectivity index (χ1v) is 11.1. The molecular formula is C26H25ClN2O5. The molecular weight excluding hydrogens is 456 g/mol. The van der Waals surface area contributed by atoms with E-state index >= 15 is 0 Å². The summed E-state index contributed by atoms with van der Waals surface area (Å²) in [6.07, 6.45) is 0.495. The van der Waals surface area contributed by atoms with Gasteiger partial charge in [-0.25, -0.2) is 0 Å². The zero-order valence-corrected chi connectivity index (χ0v) is 19.4. The van der Waals surface area contributed by atoms with Gasteiger partial charge in [-0.05, 0) is 74.0 Å². The van der Waals surface area contributed by atoms with Crippen molar-refractivity contribution in [1.29, 1.82) is 0 Å². The minimum Gasteiger partial charge on any atom is -0.457 e. The lowest BCUT2D eigenvalue weighted by Gasteiger charge is -2.09. The summed E-state index contributed by atoms with van der Waals surface area (Å²) in [5.41, 5.74) is 2.32. The third-order valence-electron chi connectivity index (χ3n) is 4.67. The van der Waals surface area contributed by atoms with Crippen LogP contribution < -0.4 is 15.4 Å². The fourth-order valence-electron chi connectivity index (χ4n) is 2.91. The lowest BCUT2D eigenvalue weighted by molar-refractivity contribution is -0.147. The van der Waals surface area contributed by atoms with E-state index in [9.17, 15) is 14.4 Å². The maximum absolute atomic E-state index is 12.1. The monoisotopic (exact) mass is 480 g/mol. The zero-order chi connectivity index (χ0) is 24.3. The van der Waals surface area contributed by atoms with Gasteiger partial charge in [0, 0.05) is 29.2 Å². The number of esters is 1. The summed E-state index contributed by atoms with van der Waals surface area (Å²) in [5.74, 6) is 0.0976. The van der Waals surface area contributed by atoms with Crippen LogP contribution in [0.15, 0.2) is 72.8 Å². The van der Waals surface area contributed by atoms with Gasteiger partial charge in [0.05, 0.1) is 0 Å². The molecule has 0 fully saturated rings. The van der Waals surface area contributed by atoms with Gasteiger partial charge in [-0.2, -0.15) is 0 Å². The van der Waals surface area contributed by atoms with Crippen LogP contribution in [0.1, 0.15) is 24.8 Å². The topological polar surface area (TPSA) is 93.7 Å². The van der Waals surface area contributed by atoms with Crippen LogP contribution in [0, 0.1) is 6.92 Å². The number of halogens is 1. The van der Waals surface area contributed by atoms with Crippen molar-refractivity contribution in [3.8, 4) is 11.5 Å². The van der Waals surface area contributed by atoms with E-state index in [-0.39, 0.29) is 25.4 Å². The van der Waals surface area contributed by atoms with Gasteiger partial charge < -0.3 is 20.1 Å². The van der Waals surface area contributed by atoms with Gasteiger partial charge in [-0.1, -0.05) is 29.3 Å². The largest absolute Gasteiger partial charge is 0.457 e. The molecule has 0 bridgehead atoms. The number of hydrogen-bond donors (Lipinski definition) is 2. The molecule has 0 heterocycles. The molecule has 0 atom stereocenters. The van der Waals surface area contributed by atoms with Gasteiger partial charge in [-0.3, -0.25) is 14.4 Å². The van der Waals surface area contributed by atoms with Gasteiger partial charge in [0.2, 0.25) is 5.91 Å². The quantitative estimate of drug-likeness (QED) is 0.361. The van der Waals surface area contributed by atoms with Crippen LogP contribution in [0.3, 0.4) is 0 Å². The van der Waals surface area contributed by atoms with Crippen molar-refractivity contribution in [1.82, 2.24) is 0 Å². The maximum atomic E-state index is 12.1. The molecule has 0 spiro atoms. The number of hydrogen-bond acceptors (Lipinski definition) is 5. The van der Waals surface area contributed by atoms with Crippen LogP contribution in [0.25, 0.3) is 0 Å². The second kappa shape index (κ2) is 12.4. The smallest absolute Gasteiger partial charge is 0.306 e. The summed E-state index contributed by atoms with van der Waals surface area (Å²) >= 11 is 5.86. The van der Waals surface area contributed by atoms with Crippen LogP contribution in [-0.4, -0.2) is 24.4 Å². The molecule has 2 N–H and O–H groups in total. The van der Waals surface area contributed by atoms with Crippen molar-refractivity contribution in [2.24, 2.45) is 0 Å². The number of carbonyl (C=O) groups excluding carboxylic acids is 3. The van der Waals surface area contributed by atoms with Gasteiger partial charge in [0.1, 0.15) is 11.5 Å². The Kier molecular flexibility index (Phi) is 9.05. The second-order valence-corrected chi connectivity index (χ2v) is 7.99. The fraction of sp³-hybridized carbons (Fsp3) is 0.192. The Hall–Kier alpha value is -3.84. The highest BCUT2D eigenvalue weighted by Crippen LogP contribution is 2.24. The second-order valence-electron chi connectivity index (χ2n) is 7.56. The normalized spacial score (nSPS) is 10.3. The van der Waals surface area contributed by atoms with Crippen molar-refractivity contribution < 1.29 is 23.9 Å². The molecule has 0 radical (unpaired) electrons. The predicted molar refractivity (Wildman–Crippen MR) is 131 cm³/mol. The molecule has 0 aliphatic carbocycles. The molecule has 3 rings (SSSR count). The Morgan fingerprint density at radius 2 is 1.26 bits per heavy atom. The van der Waals surface area contributed by atoms with E-state index in [0.717, 1.165) is 5.56 Å². The van der Waals surface area contributed by atoms with Gasteiger partial charge in [0.15, 0.2) is 6.61 Å². The molecule has 34 heavy (non-hydrogen) atoms. The minimum absolute atomic E-state index is 0.0408. The lowest BCUT2D eigenvalue weighted by Crippen LogP contribution is -2.21. The van der Waals surface area contributed by atoms with E-state index in [1.165, 1.54) is 0 Å². The molecule has 0 aliphatic rings. The maximum Gasteiger partial charge on any atom is 0.306 e. The van der Waals surface area contributed by atoms with Crippen LogP contribution in [0.4, 0.5) is 11.4 Å². The Morgan fingerprint density at radius 3 is 1.88 bits per heavy atom. The molecule has 3 aromatic rings. The van der Waals surface area contributed by atoms with E-state index in [1.54, 1.807) is 60.7 Å². The zero-order valence-electron chi connectivity index (χ0n) is 18.7. The summed E-state index contributed by atoms with van der Waals surface area (Å²) in [6, 6.07) is 21.2. The summed E-state index contributed by atoms with van der Waals surface area (Å²) in [6.45, 7) is 1.58. The van der Waals surface area contributed by atoms with Crippen molar-refractivity contribution >= 4 is 40.8 Å². The first kappa shape index (κ1) is 24.8. The molecule has 0 saturated heterocycles. The summed E-state index contributed by atoms with van der Waals surface area (Å²) in [5, 5.41) is 6.05. The number of aryl methyl sites for hydroxylation is 1. The number of carbonyl (C=O) groups is 3. The summed E-state index contributed by atoms with van der Waals surface area (Å²) < 4.78 is 10.7. The lowest BCUT2D eigenvalue weighted by atomic mass is 10.2. The van der Waals surface area contributed by atoms with Crippen molar-refractivity contribution in [3.63, 3.8) is 0 Å². The number of benzene rings is 3. The third-order valence-corrected chi connectivity index (χ3v) is 4.92. The number of anilines is 2. The average Bonchev–Trinajstić information content (AvgIpc) is 2.82. The highest BCUT2D eigenvalue weighted by Gasteiger charge is 2.10. The van der Waals surface area contributed by atoms with Crippen LogP contribution in [0.5, 0.6) is 11.5 Å². The van der Waals surface area contributed by atoms with Crippen LogP contribution >= 0.6 is 11.6 Å². The van der Waals surface area contributed by atoms with Gasteiger partial charge >= 0.3 is 5.97 Å². The number of nitrogens with one attached hydrogen (secondary N) is 2. The Morgan fingerprint density at radius 1 is 0.735 bits per heavy atom. The van der Waals surface area contributed by atoms with Crippen LogP contribution in [0.2, 0.25) is 5.02 Å². The third kappa shape index (κ3) is 8.60. The van der Waals surface area contributed by atoms with E-state index < -0.39 is 11.9 Å². The average molecular weight is 481 g/mol. The molecule has 0 aromatic heterocycles. The van der Waals surface area contributed by atoms with E-state index in [1.807, 2.05) is 19.1 Å². The molecule has 176 valence electrons. The van der Waals surface area contributed by atoms with Crippen molar-refractivity contribution in [3.05, 3.63) is 83.4 Å². The van der Waals surface area contributed by atoms with E-state index in [0.29, 0.717) is 34.3 Å². The Bertz CT molecular complexity index is 1110. The Labute approximate surface area is 203 Å². The highest BCUT2D eigenvalue weighted by molar-refractivity contribution is 6.30. The Balaban J connectivity index is 1.32. The molecule has 0 aliphatic heterocycles. The molecule has 3 aromatic carbocycles. The van der Waals surface area contributed by atoms with Gasteiger partial charge in [-0.15, -0.1) is 0 Å². The van der Waals surface area contributed by atoms with Gasteiger partial charge in [0.25, 0.3) is 5.91 Å². The summed E-state index contributed by atoms with van der Waals surface area (Å²) in [4.78, 5) is 35.8. The number of ether oxygens (including phenoxy) is 2. The van der Waals surface area contributed by atoms with Crippen molar-refractivity contribution in [2.45, 2.75) is 26.2 Å². The highest BCUT2D eigenvalue weighted by atomic mass is 35.5. The first-order valence-electron chi connectivity index (χ1n) is 10.7. The molecule has 2 amide bonds. The SMILES string of the molecule is Cc1ccc(NC(=O)COC(=O)CCCC(=O)Nc2ccc(Oc3ccc(Cl)cc3)cc2)cc1. The molecule has 0 saturated carbocycles. The van der Waals surface area contributed by atoms with Crippen molar-refractivity contribution in [2.75, 3.05) is 17.2 Å². The number of amides is 2. The number of rotatable bonds is 10. The predicted octanol–water partition coefficient (Wildman–Crippen LogP) is 5.73. The molecule has 0 unspecified atom stereocenters. The van der Waals surface area contributed by atoms with E-state index in [2.05, 4.69) is 10.6 Å².